The second-order valence-electron chi connectivity index (χ2n) is 8.05. The second-order valence-corrected chi connectivity index (χ2v) is 8.46. The Morgan fingerprint density at radius 1 is 1.34 bits per heavy atom. The van der Waals surface area contributed by atoms with Gasteiger partial charge in [0, 0.05) is 42.7 Å². The standard InChI is InChI=1S/C22H27ClFN3O2/c1-26(2)13-18-14-27(12-16-6-7-19(24)11-20(16)23)9-8-22(18,29)17-5-3-4-15(10-17)21(25)28/h3-7,10-11,18,29H,8-9,12-14H2,1-2H3,(H2,25,28)/t18-,22-/m1/s1. The van der Waals surface area contributed by atoms with Gasteiger partial charge >= 0.3 is 0 Å². The largest absolute Gasteiger partial charge is 0.385 e. The lowest BCUT2D eigenvalue weighted by Crippen LogP contribution is -2.52. The average Bonchev–Trinajstić information content (AvgIpc) is 2.66. The van der Waals surface area contributed by atoms with E-state index in [0.29, 0.717) is 48.7 Å². The number of carbonyl (C=O) groups is 1. The van der Waals surface area contributed by atoms with Gasteiger partial charge in [-0.15, -0.1) is 0 Å². The van der Waals surface area contributed by atoms with Gasteiger partial charge in [-0.2, -0.15) is 0 Å². The molecule has 2 aromatic rings. The summed E-state index contributed by atoms with van der Waals surface area (Å²) in [5, 5.41) is 12.1. The van der Waals surface area contributed by atoms with Crippen molar-refractivity contribution >= 4 is 17.5 Å². The Bertz CT molecular complexity index is 892. The molecule has 1 heterocycles. The Balaban J connectivity index is 1.85. The number of amides is 1. The van der Waals surface area contributed by atoms with Crippen molar-refractivity contribution in [3.63, 3.8) is 0 Å². The van der Waals surface area contributed by atoms with E-state index in [9.17, 15) is 14.3 Å². The van der Waals surface area contributed by atoms with Crippen molar-refractivity contribution in [2.75, 3.05) is 33.7 Å². The Kier molecular flexibility index (Phi) is 6.58. The number of hydrogen-bond donors (Lipinski definition) is 2. The van der Waals surface area contributed by atoms with E-state index in [0.717, 1.165) is 5.56 Å². The minimum Gasteiger partial charge on any atom is -0.385 e. The summed E-state index contributed by atoms with van der Waals surface area (Å²) in [5.41, 5.74) is 6.31. The minimum absolute atomic E-state index is 0.0893. The van der Waals surface area contributed by atoms with Gasteiger partial charge in [-0.25, -0.2) is 4.39 Å². The number of aliphatic hydroxyl groups is 1. The number of primary amides is 1. The van der Waals surface area contributed by atoms with Gasteiger partial charge in [-0.1, -0.05) is 29.8 Å². The predicted octanol–water partition coefficient (Wildman–Crippen LogP) is 2.85. The lowest BCUT2D eigenvalue weighted by Gasteiger charge is -2.46. The van der Waals surface area contributed by atoms with Crippen LogP contribution in [0.25, 0.3) is 0 Å². The number of nitrogens with two attached hydrogens (primary N) is 1. The number of benzene rings is 2. The smallest absolute Gasteiger partial charge is 0.248 e. The molecule has 0 unspecified atom stereocenters. The highest BCUT2D eigenvalue weighted by atomic mass is 35.5. The zero-order chi connectivity index (χ0) is 21.2. The molecule has 5 nitrogen and oxygen atoms in total. The number of piperidine rings is 1. The van der Waals surface area contributed by atoms with Gasteiger partial charge in [0.2, 0.25) is 5.91 Å². The number of likely N-dealkylation sites (tertiary alicyclic amines) is 1. The highest BCUT2D eigenvalue weighted by molar-refractivity contribution is 6.31. The number of nitrogens with zero attached hydrogens (tertiary/aromatic N) is 2. The SMILES string of the molecule is CN(C)C[C@@H]1CN(Cc2ccc(F)cc2Cl)CC[C@@]1(O)c1cccc(C(N)=O)c1. The molecule has 7 heteroatoms. The molecule has 3 N–H and O–H groups in total. The summed E-state index contributed by atoms with van der Waals surface area (Å²) in [6.07, 6.45) is 0.506. The fourth-order valence-electron chi connectivity index (χ4n) is 4.09. The highest BCUT2D eigenvalue weighted by Crippen LogP contribution is 2.39. The first-order valence-electron chi connectivity index (χ1n) is 9.63. The fourth-order valence-corrected chi connectivity index (χ4v) is 4.32. The van der Waals surface area contributed by atoms with Gasteiger partial charge in [0.1, 0.15) is 5.82 Å². The van der Waals surface area contributed by atoms with Gasteiger partial charge in [-0.3, -0.25) is 9.69 Å². The van der Waals surface area contributed by atoms with E-state index in [1.165, 1.54) is 12.1 Å². The first-order valence-corrected chi connectivity index (χ1v) is 10.0. The molecule has 0 saturated carbocycles. The third-order valence-electron chi connectivity index (χ3n) is 5.60. The maximum Gasteiger partial charge on any atom is 0.248 e. The summed E-state index contributed by atoms with van der Waals surface area (Å²) in [7, 11) is 3.94. The van der Waals surface area contributed by atoms with Crippen LogP contribution >= 0.6 is 11.6 Å². The van der Waals surface area contributed by atoms with Crippen LogP contribution in [0.1, 0.15) is 27.9 Å². The van der Waals surface area contributed by atoms with E-state index >= 15 is 0 Å². The molecule has 2 aromatic carbocycles. The first kappa shape index (κ1) is 21.7. The van der Waals surface area contributed by atoms with Crippen molar-refractivity contribution in [3.8, 4) is 0 Å². The summed E-state index contributed by atoms with van der Waals surface area (Å²) in [6.45, 7) is 2.55. The molecule has 1 aliphatic heterocycles. The van der Waals surface area contributed by atoms with E-state index in [1.54, 1.807) is 24.3 Å². The van der Waals surface area contributed by atoms with E-state index in [1.807, 2.05) is 25.1 Å². The van der Waals surface area contributed by atoms with Crippen molar-refractivity contribution in [2.45, 2.75) is 18.6 Å². The van der Waals surface area contributed by atoms with Gasteiger partial charge in [0.05, 0.1) is 5.60 Å². The normalized spacial score (nSPS) is 22.8. The van der Waals surface area contributed by atoms with Crippen LogP contribution < -0.4 is 5.73 Å². The monoisotopic (exact) mass is 419 g/mol. The van der Waals surface area contributed by atoms with Crippen LogP contribution in [0.15, 0.2) is 42.5 Å². The quantitative estimate of drug-likeness (QED) is 0.755. The second kappa shape index (κ2) is 8.79. The first-order chi connectivity index (χ1) is 13.7. The van der Waals surface area contributed by atoms with Crippen molar-refractivity contribution in [1.29, 1.82) is 0 Å². The predicted molar refractivity (Wildman–Crippen MR) is 112 cm³/mol. The third-order valence-corrected chi connectivity index (χ3v) is 5.96. The molecular formula is C22H27ClFN3O2. The Morgan fingerprint density at radius 2 is 2.10 bits per heavy atom. The Morgan fingerprint density at radius 3 is 2.76 bits per heavy atom. The van der Waals surface area contributed by atoms with Crippen molar-refractivity contribution in [2.24, 2.45) is 11.7 Å². The van der Waals surface area contributed by atoms with Crippen molar-refractivity contribution in [3.05, 3.63) is 70.0 Å². The van der Waals surface area contributed by atoms with E-state index in [4.69, 9.17) is 17.3 Å². The topological polar surface area (TPSA) is 69.8 Å². The maximum absolute atomic E-state index is 13.3. The molecule has 29 heavy (non-hydrogen) atoms. The third kappa shape index (κ3) is 4.95. The number of carbonyl (C=O) groups excluding carboxylic acids is 1. The molecule has 1 saturated heterocycles. The van der Waals surface area contributed by atoms with Crippen LogP contribution in [0.2, 0.25) is 5.02 Å². The summed E-state index contributed by atoms with van der Waals surface area (Å²) >= 11 is 6.20. The molecule has 0 bridgehead atoms. The molecule has 1 fully saturated rings. The molecule has 1 amide bonds. The van der Waals surface area contributed by atoms with Crippen LogP contribution in [-0.4, -0.2) is 54.5 Å². The lowest BCUT2D eigenvalue weighted by atomic mass is 9.75. The Hall–Kier alpha value is -1.99. The summed E-state index contributed by atoms with van der Waals surface area (Å²) < 4.78 is 13.3. The fraction of sp³-hybridized carbons (Fsp3) is 0.409. The van der Waals surface area contributed by atoms with Gasteiger partial charge in [0.25, 0.3) is 0 Å². The number of rotatable bonds is 6. The van der Waals surface area contributed by atoms with Crippen molar-refractivity contribution in [1.82, 2.24) is 9.80 Å². The Labute approximate surface area is 175 Å². The molecule has 0 aliphatic carbocycles. The molecule has 0 spiro atoms. The molecule has 2 atom stereocenters. The summed E-state index contributed by atoms with van der Waals surface area (Å²) in [5.74, 6) is -0.955. The highest BCUT2D eigenvalue weighted by Gasteiger charge is 2.43. The van der Waals surface area contributed by atoms with Crippen LogP contribution in [-0.2, 0) is 12.1 Å². The number of hydrogen-bond acceptors (Lipinski definition) is 4. The zero-order valence-electron chi connectivity index (χ0n) is 16.7. The molecule has 1 aliphatic rings. The molecule has 0 aromatic heterocycles. The summed E-state index contributed by atoms with van der Waals surface area (Å²) in [6, 6.07) is 11.4. The molecule has 0 radical (unpaired) electrons. The zero-order valence-corrected chi connectivity index (χ0v) is 17.5. The van der Waals surface area contributed by atoms with Gasteiger partial charge in [0.15, 0.2) is 0 Å². The van der Waals surface area contributed by atoms with Crippen LogP contribution in [0.5, 0.6) is 0 Å². The molecule has 3 rings (SSSR count). The van der Waals surface area contributed by atoms with Crippen molar-refractivity contribution < 1.29 is 14.3 Å². The molecule has 156 valence electrons. The average molecular weight is 420 g/mol. The number of halogens is 2. The maximum atomic E-state index is 13.3. The van der Waals surface area contributed by atoms with E-state index in [2.05, 4.69) is 4.90 Å². The van der Waals surface area contributed by atoms with Crippen LogP contribution in [0, 0.1) is 11.7 Å². The van der Waals surface area contributed by atoms with Gasteiger partial charge in [-0.05, 0) is 55.9 Å². The van der Waals surface area contributed by atoms with Crippen LogP contribution in [0.3, 0.4) is 0 Å². The summed E-state index contributed by atoms with van der Waals surface area (Å²) in [4.78, 5) is 15.9. The van der Waals surface area contributed by atoms with Crippen LogP contribution in [0.4, 0.5) is 4.39 Å². The lowest BCUT2D eigenvalue weighted by molar-refractivity contribution is -0.0862. The minimum atomic E-state index is -1.07. The van der Waals surface area contributed by atoms with E-state index in [-0.39, 0.29) is 11.7 Å². The van der Waals surface area contributed by atoms with Gasteiger partial charge < -0.3 is 15.7 Å². The molecular weight excluding hydrogens is 393 g/mol. The van der Waals surface area contributed by atoms with E-state index < -0.39 is 11.5 Å².